The normalized spacial score (nSPS) is 14.4. The SMILES string of the molecule is NP(O)O.O=CCC(O)C(O)CO. The second-order valence-electron chi connectivity index (χ2n) is 2.04. The number of aliphatic hydroxyl groups is 3. The molecule has 80 valence electrons. The van der Waals surface area contributed by atoms with Crippen LogP contribution in [-0.2, 0) is 4.79 Å². The molecule has 0 spiro atoms. The smallest absolute Gasteiger partial charge is 0.247 e. The van der Waals surface area contributed by atoms with Crippen molar-refractivity contribution in [2.45, 2.75) is 18.6 Å². The van der Waals surface area contributed by atoms with E-state index in [1.807, 2.05) is 0 Å². The summed E-state index contributed by atoms with van der Waals surface area (Å²) in [5.41, 5.74) is 4.29. The number of hydrogen-bond donors (Lipinski definition) is 6. The third kappa shape index (κ3) is 14.7. The summed E-state index contributed by atoms with van der Waals surface area (Å²) < 4.78 is 0. The first-order chi connectivity index (χ1) is 5.95. The lowest BCUT2D eigenvalue weighted by atomic mass is 10.2. The molecular formula is C5H14NO6P. The summed E-state index contributed by atoms with van der Waals surface area (Å²) in [6.07, 6.45) is -1.98. The molecule has 0 aromatic heterocycles. The second-order valence-corrected chi connectivity index (χ2v) is 2.68. The number of nitrogens with two attached hydrogens (primary N) is 1. The summed E-state index contributed by atoms with van der Waals surface area (Å²) in [5.74, 6) is 0. The average molecular weight is 215 g/mol. The molecule has 0 rings (SSSR count). The van der Waals surface area contributed by atoms with Crippen LogP contribution in [0.1, 0.15) is 6.42 Å². The Balaban J connectivity index is 0. The Morgan fingerprint density at radius 1 is 1.31 bits per heavy atom. The van der Waals surface area contributed by atoms with Crippen LogP contribution in [-0.4, -0.2) is 50.2 Å². The van der Waals surface area contributed by atoms with Gasteiger partial charge in [0.15, 0.2) is 0 Å². The van der Waals surface area contributed by atoms with Gasteiger partial charge in [-0.25, -0.2) is 0 Å². The Morgan fingerprint density at radius 3 is 1.92 bits per heavy atom. The molecule has 0 aliphatic carbocycles. The molecule has 2 unspecified atom stereocenters. The lowest BCUT2D eigenvalue weighted by Crippen LogP contribution is -2.29. The predicted octanol–water partition coefficient (Wildman–Crippen LogP) is -2.55. The fourth-order valence-corrected chi connectivity index (χ4v) is 0.377. The minimum atomic E-state index is -2.12. The molecule has 0 radical (unpaired) electrons. The molecule has 8 heteroatoms. The van der Waals surface area contributed by atoms with Crippen LogP contribution < -0.4 is 5.50 Å². The highest BCUT2D eigenvalue weighted by molar-refractivity contribution is 7.42. The van der Waals surface area contributed by atoms with Crippen LogP contribution in [0.15, 0.2) is 0 Å². The summed E-state index contributed by atoms with van der Waals surface area (Å²) in [6.45, 7) is -0.519. The monoisotopic (exact) mass is 215 g/mol. The van der Waals surface area contributed by atoms with Gasteiger partial charge in [0, 0.05) is 6.42 Å². The van der Waals surface area contributed by atoms with Gasteiger partial charge in [-0.15, -0.1) is 0 Å². The molecule has 0 bridgehead atoms. The van der Waals surface area contributed by atoms with Crippen molar-refractivity contribution < 1.29 is 29.9 Å². The zero-order chi connectivity index (χ0) is 10.9. The highest BCUT2D eigenvalue weighted by Gasteiger charge is 2.13. The maximum atomic E-state index is 9.68. The molecule has 0 aromatic rings. The van der Waals surface area contributed by atoms with Gasteiger partial charge in [-0.2, -0.15) is 0 Å². The van der Waals surface area contributed by atoms with Crippen LogP contribution >= 0.6 is 8.53 Å². The van der Waals surface area contributed by atoms with Gasteiger partial charge in [0.05, 0.1) is 12.7 Å². The topological polar surface area (TPSA) is 144 Å². The summed E-state index contributed by atoms with van der Waals surface area (Å²) in [4.78, 5) is 24.6. The van der Waals surface area contributed by atoms with Crippen molar-refractivity contribution in [1.29, 1.82) is 0 Å². The van der Waals surface area contributed by atoms with E-state index in [0.717, 1.165) is 0 Å². The average Bonchev–Trinajstić information content (AvgIpc) is 2.02. The van der Waals surface area contributed by atoms with E-state index in [2.05, 4.69) is 5.50 Å². The van der Waals surface area contributed by atoms with E-state index in [0.29, 0.717) is 6.29 Å². The van der Waals surface area contributed by atoms with E-state index in [1.54, 1.807) is 0 Å². The number of aldehydes is 1. The Morgan fingerprint density at radius 2 is 1.69 bits per heavy atom. The van der Waals surface area contributed by atoms with Crippen LogP contribution in [0, 0.1) is 0 Å². The van der Waals surface area contributed by atoms with Crippen LogP contribution in [0.2, 0.25) is 0 Å². The maximum absolute atomic E-state index is 9.68. The minimum absolute atomic E-state index is 0.137. The predicted molar refractivity (Wildman–Crippen MR) is 45.3 cm³/mol. The van der Waals surface area contributed by atoms with Crippen molar-refractivity contribution in [2.75, 3.05) is 6.61 Å². The molecule has 0 fully saturated rings. The molecule has 7 nitrogen and oxygen atoms in total. The highest BCUT2D eigenvalue weighted by Crippen LogP contribution is 2.05. The summed E-state index contributed by atoms with van der Waals surface area (Å²) in [6, 6.07) is 0. The lowest BCUT2D eigenvalue weighted by Gasteiger charge is -2.11. The van der Waals surface area contributed by atoms with Crippen molar-refractivity contribution in [1.82, 2.24) is 0 Å². The molecule has 0 amide bonds. The largest absolute Gasteiger partial charge is 0.394 e. The second kappa shape index (κ2) is 9.94. The molecule has 0 saturated heterocycles. The molecule has 0 saturated carbocycles. The Hall–Kier alpha value is -0.140. The Kier molecular flexibility index (Phi) is 11.7. The van der Waals surface area contributed by atoms with E-state index >= 15 is 0 Å². The molecule has 0 heterocycles. The molecule has 13 heavy (non-hydrogen) atoms. The molecule has 0 aliphatic heterocycles. The van der Waals surface area contributed by atoms with Crippen LogP contribution in [0.5, 0.6) is 0 Å². The van der Waals surface area contributed by atoms with Crippen molar-refractivity contribution in [2.24, 2.45) is 5.50 Å². The molecule has 0 aromatic carbocycles. The van der Waals surface area contributed by atoms with Crippen molar-refractivity contribution in [3.8, 4) is 0 Å². The fourth-order valence-electron chi connectivity index (χ4n) is 0.377. The van der Waals surface area contributed by atoms with E-state index < -0.39 is 27.3 Å². The zero-order valence-corrected chi connectivity index (χ0v) is 7.71. The standard InChI is InChI=1S/C5H10O4.H4NO2P/c6-2-1-4(8)5(9)3-7;1-4(2)3/h2,4-5,7-9H,1,3H2;2-3H,1H2. The van der Waals surface area contributed by atoms with Gasteiger partial charge in [-0.05, 0) is 0 Å². The first kappa shape index (κ1) is 15.3. The number of rotatable bonds is 4. The lowest BCUT2D eigenvalue weighted by molar-refractivity contribution is -0.111. The van der Waals surface area contributed by atoms with E-state index in [-0.39, 0.29) is 6.42 Å². The molecular weight excluding hydrogens is 201 g/mol. The third-order valence-electron chi connectivity index (χ3n) is 0.969. The minimum Gasteiger partial charge on any atom is -0.394 e. The number of carbonyl (C=O) groups excluding carboxylic acids is 1. The number of hydrogen-bond acceptors (Lipinski definition) is 7. The maximum Gasteiger partial charge on any atom is 0.247 e. The van der Waals surface area contributed by atoms with Crippen LogP contribution in [0.25, 0.3) is 0 Å². The van der Waals surface area contributed by atoms with Crippen molar-refractivity contribution >= 4 is 14.8 Å². The van der Waals surface area contributed by atoms with Gasteiger partial charge in [-0.3, -0.25) is 5.50 Å². The van der Waals surface area contributed by atoms with Crippen LogP contribution in [0.3, 0.4) is 0 Å². The number of carbonyl (C=O) groups is 1. The molecule has 0 aliphatic rings. The summed E-state index contributed by atoms with van der Waals surface area (Å²) >= 11 is 0. The van der Waals surface area contributed by atoms with E-state index in [4.69, 9.17) is 25.1 Å². The molecule has 7 N–H and O–H groups in total. The van der Waals surface area contributed by atoms with Gasteiger partial charge in [0.1, 0.15) is 12.4 Å². The Labute approximate surface area is 76.4 Å². The number of aliphatic hydroxyl groups excluding tert-OH is 3. The zero-order valence-electron chi connectivity index (χ0n) is 6.82. The van der Waals surface area contributed by atoms with Gasteiger partial charge in [0.2, 0.25) is 8.53 Å². The highest BCUT2D eigenvalue weighted by atomic mass is 31.2. The summed E-state index contributed by atoms with van der Waals surface area (Å²) in [5, 5.41) is 25.5. The first-order valence-electron chi connectivity index (χ1n) is 3.28. The van der Waals surface area contributed by atoms with E-state index in [1.165, 1.54) is 0 Å². The van der Waals surface area contributed by atoms with Crippen molar-refractivity contribution in [3.63, 3.8) is 0 Å². The van der Waals surface area contributed by atoms with Gasteiger partial charge in [-0.1, -0.05) is 0 Å². The first-order valence-corrected chi connectivity index (χ1v) is 4.60. The summed E-state index contributed by atoms with van der Waals surface area (Å²) in [7, 11) is -2.12. The van der Waals surface area contributed by atoms with Gasteiger partial charge in [0.25, 0.3) is 0 Å². The van der Waals surface area contributed by atoms with Crippen LogP contribution in [0.4, 0.5) is 0 Å². The van der Waals surface area contributed by atoms with E-state index in [9.17, 15) is 4.79 Å². The quantitative estimate of drug-likeness (QED) is 0.223. The van der Waals surface area contributed by atoms with Gasteiger partial charge < -0.3 is 29.9 Å². The van der Waals surface area contributed by atoms with Gasteiger partial charge >= 0.3 is 0 Å². The molecule has 2 atom stereocenters. The fraction of sp³-hybridized carbons (Fsp3) is 0.800. The third-order valence-corrected chi connectivity index (χ3v) is 0.969. The Bertz CT molecular complexity index is 121. The van der Waals surface area contributed by atoms with Crippen molar-refractivity contribution in [3.05, 3.63) is 0 Å².